The predicted molar refractivity (Wildman–Crippen MR) is 54.8 cm³/mol. The fourth-order valence-electron chi connectivity index (χ4n) is 0.827. The summed E-state index contributed by atoms with van der Waals surface area (Å²) in [5.74, 6) is -0.997. The van der Waals surface area contributed by atoms with Crippen molar-refractivity contribution in [3.05, 3.63) is 11.8 Å². The molecule has 1 amide bonds. The molecule has 0 aromatic carbocycles. The highest BCUT2D eigenvalue weighted by molar-refractivity contribution is 8.00. The third-order valence-corrected chi connectivity index (χ3v) is 2.27. The number of amides is 1. The number of nitrogens with one attached hydrogen (secondary N) is 1. The molecule has 0 bridgehead atoms. The van der Waals surface area contributed by atoms with Crippen molar-refractivity contribution in [1.82, 2.24) is 5.16 Å². The van der Waals surface area contributed by atoms with Crippen LogP contribution in [0.3, 0.4) is 0 Å². The van der Waals surface area contributed by atoms with E-state index in [9.17, 15) is 9.59 Å². The minimum Gasteiger partial charge on any atom is -0.481 e. The standard InChI is InChI=1S/C8H10N2O4S/c1-5-2-7(14-10-5)9-6(11)3-15-4-8(12)13/h2H,3-4H2,1H3,(H,9,11)(H,12,13). The normalized spacial score (nSPS) is 9.93. The fraction of sp³-hybridized carbons (Fsp3) is 0.375. The highest BCUT2D eigenvalue weighted by atomic mass is 32.2. The van der Waals surface area contributed by atoms with Crippen LogP contribution in [0, 0.1) is 6.92 Å². The van der Waals surface area contributed by atoms with E-state index in [1.807, 2.05) is 0 Å². The quantitative estimate of drug-likeness (QED) is 0.775. The first-order valence-electron chi connectivity index (χ1n) is 4.10. The number of rotatable bonds is 5. The van der Waals surface area contributed by atoms with Gasteiger partial charge < -0.3 is 9.63 Å². The van der Waals surface area contributed by atoms with Gasteiger partial charge in [-0.1, -0.05) is 5.16 Å². The van der Waals surface area contributed by atoms with Crippen LogP contribution in [0.1, 0.15) is 5.69 Å². The zero-order chi connectivity index (χ0) is 11.3. The lowest BCUT2D eigenvalue weighted by Crippen LogP contribution is -2.14. The Morgan fingerprint density at radius 3 is 2.87 bits per heavy atom. The topological polar surface area (TPSA) is 92.4 Å². The zero-order valence-corrected chi connectivity index (χ0v) is 8.84. The van der Waals surface area contributed by atoms with Gasteiger partial charge in [0.25, 0.3) is 0 Å². The molecule has 0 radical (unpaired) electrons. The molecule has 1 heterocycles. The molecule has 0 saturated carbocycles. The van der Waals surface area contributed by atoms with Crippen LogP contribution in [0.15, 0.2) is 10.6 Å². The van der Waals surface area contributed by atoms with E-state index in [2.05, 4.69) is 10.5 Å². The molecule has 0 aliphatic carbocycles. The number of aryl methyl sites for hydroxylation is 1. The number of aliphatic carboxylic acids is 1. The number of hydrogen-bond acceptors (Lipinski definition) is 5. The monoisotopic (exact) mass is 230 g/mol. The Morgan fingerprint density at radius 2 is 2.33 bits per heavy atom. The van der Waals surface area contributed by atoms with Gasteiger partial charge in [-0.05, 0) is 6.92 Å². The van der Waals surface area contributed by atoms with Crippen molar-refractivity contribution >= 4 is 29.5 Å². The maximum atomic E-state index is 11.2. The molecule has 6 nitrogen and oxygen atoms in total. The highest BCUT2D eigenvalue weighted by Gasteiger charge is 2.07. The second-order valence-electron chi connectivity index (χ2n) is 2.77. The molecule has 0 aliphatic rings. The number of carbonyl (C=O) groups excluding carboxylic acids is 1. The summed E-state index contributed by atoms with van der Waals surface area (Å²) in [4.78, 5) is 21.4. The number of hydrogen-bond donors (Lipinski definition) is 2. The van der Waals surface area contributed by atoms with Gasteiger partial charge in [0, 0.05) is 6.07 Å². The first-order valence-corrected chi connectivity index (χ1v) is 5.26. The average molecular weight is 230 g/mol. The Morgan fingerprint density at radius 1 is 1.60 bits per heavy atom. The Kier molecular flexibility index (Phi) is 4.17. The SMILES string of the molecule is Cc1cc(NC(=O)CSCC(=O)O)on1. The van der Waals surface area contributed by atoms with Crippen molar-refractivity contribution in [1.29, 1.82) is 0 Å². The van der Waals surface area contributed by atoms with Gasteiger partial charge in [0.2, 0.25) is 11.8 Å². The van der Waals surface area contributed by atoms with E-state index in [4.69, 9.17) is 9.63 Å². The summed E-state index contributed by atoms with van der Waals surface area (Å²) >= 11 is 1.02. The number of carboxylic acids is 1. The third kappa shape index (κ3) is 4.50. The van der Waals surface area contributed by atoms with E-state index in [1.165, 1.54) is 0 Å². The van der Waals surface area contributed by atoms with Crippen LogP contribution in [-0.2, 0) is 9.59 Å². The molecule has 0 spiro atoms. The Bertz CT molecular complexity index is 363. The first kappa shape index (κ1) is 11.6. The number of nitrogens with zero attached hydrogens (tertiary/aromatic N) is 1. The van der Waals surface area contributed by atoms with Gasteiger partial charge in [0.1, 0.15) is 0 Å². The lowest BCUT2D eigenvalue weighted by atomic mass is 10.5. The van der Waals surface area contributed by atoms with Gasteiger partial charge >= 0.3 is 5.97 Å². The van der Waals surface area contributed by atoms with Crippen molar-refractivity contribution in [2.45, 2.75) is 6.92 Å². The van der Waals surface area contributed by atoms with E-state index in [0.717, 1.165) is 11.8 Å². The maximum Gasteiger partial charge on any atom is 0.313 e. The molecular formula is C8H10N2O4S. The number of carboxylic acid groups (broad SMARTS) is 1. The van der Waals surface area contributed by atoms with E-state index in [0.29, 0.717) is 5.69 Å². The second kappa shape index (κ2) is 5.40. The molecule has 7 heteroatoms. The molecule has 1 aromatic heterocycles. The maximum absolute atomic E-state index is 11.2. The van der Waals surface area contributed by atoms with Crippen molar-refractivity contribution in [3.8, 4) is 0 Å². The van der Waals surface area contributed by atoms with Gasteiger partial charge in [-0.15, -0.1) is 11.8 Å². The molecule has 82 valence electrons. The van der Waals surface area contributed by atoms with E-state index in [-0.39, 0.29) is 23.3 Å². The summed E-state index contributed by atoms with van der Waals surface area (Å²) in [6.45, 7) is 1.73. The summed E-state index contributed by atoms with van der Waals surface area (Å²) in [5, 5.41) is 14.4. The minimum absolute atomic E-state index is 0.0754. The van der Waals surface area contributed by atoms with Gasteiger partial charge in [0.05, 0.1) is 17.2 Å². The summed E-state index contributed by atoms with van der Waals surface area (Å²) in [5.41, 5.74) is 0.670. The third-order valence-electron chi connectivity index (χ3n) is 1.35. The lowest BCUT2D eigenvalue weighted by molar-refractivity contribution is -0.133. The Labute approximate surface area is 90.0 Å². The molecule has 1 aromatic rings. The van der Waals surface area contributed by atoms with Crippen molar-refractivity contribution in [3.63, 3.8) is 0 Å². The van der Waals surface area contributed by atoms with Gasteiger partial charge in [-0.25, -0.2) is 0 Å². The largest absolute Gasteiger partial charge is 0.481 e. The van der Waals surface area contributed by atoms with Crippen LogP contribution in [0.2, 0.25) is 0 Å². The molecule has 2 N–H and O–H groups in total. The second-order valence-corrected chi connectivity index (χ2v) is 3.75. The smallest absolute Gasteiger partial charge is 0.313 e. The minimum atomic E-state index is -0.941. The van der Waals surface area contributed by atoms with Crippen LogP contribution in [0.4, 0.5) is 5.88 Å². The molecule has 15 heavy (non-hydrogen) atoms. The summed E-state index contributed by atoms with van der Waals surface area (Å²) in [6.07, 6.45) is 0. The lowest BCUT2D eigenvalue weighted by Gasteiger charge is -1.98. The van der Waals surface area contributed by atoms with Crippen LogP contribution < -0.4 is 5.32 Å². The number of aromatic nitrogens is 1. The van der Waals surface area contributed by atoms with Crippen LogP contribution >= 0.6 is 11.8 Å². The average Bonchev–Trinajstić information content (AvgIpc) is 2.50. The molecular weight excluding hydrogens is 220 g/mol. The van der Waals surface area contributed by atoms with Gasteiger partial charge in [0.15, 0.2) is 0 Å². The predicted octanol–water partition coefficient (Wildman–Crippen LogP) is 0.739. The summed E-state index contributed by atoms with van der Waals surface area (Å²) in [7, 11) is 0. The van der Waals surface area contributed by atoms with E-state index >= 15 is 0 Å². The number of thioether (sulfide) groups is 1. The Hall–Kier alpha value is -1.50. The zero-order valence-electron chi connectivity index (χ0n) is 8.02. The molecule has 1 rings (SSSR count). The van der Waals surface area contributed by atoms with Crippen molar-refractivity contribution < 1.29 is 19.2 Å². The molecule has 0 aliphatic heterocycles. The number of anilines is 1. The van der Waals surface area contributed by atoms with E-state index < -0.39 is 5.97 Å². The van der Waals surface area contributed by atoms with Crippen molar-refractivity contribution in [2.75, 3.05) is 16.8 Å². The van der Waals surface area contributed by atoms with Crippen LogP contribution in [0.25, 0.3) is 0 Å². The summed E-state index contributed by atoms with van der Waals surface area (Å²) in [6, 6.07) is 1.58. The molecule has 0 saturated heterocycles. The highest BCUT2D eigenvalue weighted by Crippen LogP contribution is 2.09. The molecule has 0 unspecified atom stereocenters. The van der Waals surface area contributed by atoms with Gasteiger partial charge in [-0.3, -0.25) is 14.9 Å². The van der Waals surface area contributed by atoms with Crippen LogP contribution in [0.5, 0.6) is 0 Å². The Balaban J connectivity index is 2.27. The molecule has 0 fully saturated rings. The van der Waals surface area contributed by atoms with E-state index in [1.54, 1.807) is 13.0 Å². The fourth-order valence-corrected chi connectivity index (χ4v) is 1.36. The molecule has 0 atom stereocenters. The van der Waals surface area contributed by atoms with Gasteiger partial charge in [-0.2, -0.15) is 0 Å². The number of carbonyl (C=O) groups is 2. The first-order chi connectivity index (χ1) is 7.08. The summed E-state index contributed by atoms with van der Waals surface area (Å²) < 4.78 is 4.75. The van der Waals surface area contributed by atoms with Crippen molar-refractivity contribution in [2.24, 2.45) is 0 Å². The van der Waals surface area contributed by atoms with Crippen LogP contribution in [-0.4, -0.2) is 33.6 Å².